The summed E-state index contributed by atoms with van der Waals surface area (Å²) in [7, 11) is 0. The molecule has 3 rings (SSSR count). The molecule has 0 radical (unpaired) electrons. The molecule has 27 heavy (non-hydrogen) atoms. The van der Waals surface area contributed by atoms with Gasteiger partial charge in [-0.05, 0) is 30.3 Å². The highest BCUT2D eigenvalue weighted by molar-refractivity contribution is 6.33. The molecule has 0 atom stereocenters. The number of carbonyl (C=O) groups is 1. The topological polar surface area (TPSA) is 78.7 Å². The first-order valence-electron chi connectivity index (χ1n) is 8.39. The van der Waals surface area contributed by atoms with E-state index in [2.05, 4.69) is 10.2 Å². The first-order chi connectivity index (χ1) is 12.9. The zero-order chi connectivity index (χ0) is 19.4. The quantitative estimate of drug-likeness (QED) is 0.624. The highest BCUT2D eigenvalue weighted by Gasteiger charge is 2.20. The molecule has 7 nitrogen and oxygen atoms in total. The summed E-state index contributed by atoms with van der Waals surface area (Å²) < 4.78 is 13.1. The molecule has 0 aromatic heterocycles. The number of nitro benzene ring substituents is 1. The second kappa shape index (κ2) is 8.32. The molecule has 142 valence electrons. The van der Waals surface area contributed by atoms with Gasteiger partial charge in [-0.3, -0.25) is 19.8 Å². The van der Waals surface area contributed by atoms with Gasteiger partial charge in [0, 0.05) is 44.0 Å². The number of piperazine rings is 1. The Bertz CT molecular complexity index is 839. The number of nitrogens with one attached hydrogen (secondary N) is 1. The van der Waals surface area contributed by atoms with E-state index < -0.39 is 10.7 Å². The Morgan fingerprint density at radius 1 is 1.15 bits per heavy atom. The number of amides is 1. The summed E-state index contributed by atoms with van der Waals surface area (Å²) >= 11 is 5.92. The highest BCUT2D eigenvalue weighted by Crippen LogP contribution is 2.23. The van der Waals surface area contributed by atoms with E-state index in [4.69, 9.17) is 11.6 Å². The summed E-state index contributed by atoms with van der Waals surface area (Å²) in [6, 6.07) is 10.3. The second-order valence-corrected chi connectivity index (χ2v) is 6.62. The molecule has 0 saturated carbocycles. The minimum absolute atomic E-state index is 0.0634. The van der Waals surface area contributed by atoms with Crippen molar-refractivity contribution in [2.75, 3.05) is 42.9 Å². The van der Waals surface area contributed by atoms with Crippen molar-refractivity contribution in [3.8, 4) is 0 Å². The van der Waals surface area contributed by atoms with Gasteiger partial charge >= 0.3 is 0 Å². The van der Waals surface area contributed by atoms with E-state index in [1.807, 2.05) is 4.90 Å². The molecule has 1 aliphatic rings. The number of non-ortho nitro benzene ring substituents is 1. The van der Waals surface area contributed by atoms with Crippen molar-refractivity contribution in [1.82, 2.24) is 4.90 Å². The van der Waals surface area contributed by atoms with E-state index in [0.717, 1.165) is 11.8 Å². The summed E-state index contributed by atoms with van der Waals surface area (Å²) in [4.78, 5) is 26.6. The van der Waals surface area contributed by atoms with Crippen LogP contribution in [0.1, 0.15) is 0 Å². The van der Waals surface area contributed by atoms with Crippen LogP contribution in [0.4, 0.5) is 21.5 Å². The van der Waals surface area contributed by atoms with Gasteiger partial charge in [-0.1, -0.05) is 11.6 Å². The van der Waals surface area contributed by atoms with Crippen LogP contribution in [0.15, 0.2) is 42.5 Å². The van der Waals surface area contributed by atoms with Gasteiger partial charge in [-0.15, -0.1) is 0 Å². The minimum Gasteiger partial charge on any atom is -0.369 e. The average molecular weight is 393 g/mol. The Kier molecular flexibility index (Phi) is 5.88. The number of halogens is 2. The third-order valence-electron chi connectivity index (χ3n) is 4.37. The summed E-state index contributed by atoms with van der Waals surface area (Å²) in [5.74, 6) is -0.673. The van der Waals surface area contributed by atoms with Crippen LogP contribution >= 0.6 is 11.6 Å². The summed E-state index contributed by atoms with van der Waals surface area (Å²) in [5.41, 5.74) is 1.36. The monoisotopic (exact) mass is 392 g/mol. The van der Waals surface area contributed by atoms with Gasteiger partial charge in [-0.25, -0.2) is 4.39 Å². The fourth-order valence-corrected chi connectivity index (χ4v) is 3.15. The standard InChI is InChI=1S/C18H18ClFN4O3/c19-16-11-13(20)1-6-17(16)21-18(25)12-22-7-9-23(10-8-22)14-2-4-15(5-3-14)24(26)27/h1-6,11H,7-10,12H2,(H,21,25). The number of benzene rings is 2. The molecule has 1 saturated heterocycles. The van der Waals surface area contributed by atoms with Crippen molar-refractivity contribution in [3.05, 3.63) is 63.4 Å². The minimum atomic E-state index is -0.458. The van der Waals surface area contributed by atoms with Crippen LogP contribution in [0.5, 0.6) is 0 Å². The molecule has 0 unspecified atom stereocenters. The van der Waals surface area contributed by atoms with E-state index in [-0.39, 0.29) is 23.2 Å². The first kappa shape index (κ1) is 19.1. The zero-order valence-electron chi connectivity index (χ0n) is 14.4. The largest absolute Gasteiger partial charge is 0.369 e. The molecule has 1 N–H and O–H groups in total. The SMILES string of the molecule is O=C(CN1CCN(c2ccc([N+](=O)[O-])cc2)CC1)Nc1ccc(F)cc1Cl. The Hall–Kier alpha value is -2.71. The smallest absolute Gasteiger partial charge is 0.269 e. The molecule has 2 aromatic rings. The number of rotatable bonds is 5. The van der Waals surface area contributed by atoms with Gasteiger partial charge in [0.25, 0.3) is 5.69 Å². The molecule has 1 heterocycles. The number of hydrogen-bond donors (Lipinski definition) is 1. The van der Waals surface area contributed by atoms with Crippen molar-refractivity contribution in [2.45, 2.75) is 0 Å². The summed E-state index contributed by atoms with van der Waals surface area (Å²) in [6.45, 7) is 3.00. The lowest BCUT2D eigenvalue weighted by molar-refractivity contribution is -0.384. The van der Waals surface area contributed by atoms with Crippen molar-refractivity contribution in [2.24, 2.45) is 0 Å². The Balaban J connectivity index is 1.50. The van der Waals surface area contributed by atoms with E-state index in [1.165, 1.54) is 24.3 Å². The number of anilines is 2. The Morgan fingerprint density at radius 2 is 1.81 bits per heavy atom. The van der Waals surface area contributed by atoms with Crippen molar-refractivity contribution in [1.29, 1.82) is 0 Å². The van der Waals surface area contributed by atoms with Crippen LogP contribution in [0, 0.1) is 15.9 Å². The number of nitro groups is 1. The Labute approximate surface area is 160 Å². The van der Waals surface area contributed by atoms with Gasteiger partial charge < -0.3 is 10.2 Å². The van der Waals surface area contributed by atoms with Crippen LogP contribution in [0.25, 0.3) is 0 Å². The second-order valence-electron chi connectivity index (χ2n) is 6.21. The number of hydrogen-bond acceptors (Lipinski definition) is 5. The molecule has 1 fully saturated rings. The van der Waals surface area contributed by atoms with Gasteiger partial charge in [0.1, 0.15) is 5.82 Å². The zero-order valence-corrected chi connectivity index (χ0v) is 15.2. The molecule has 9 heteroatoms. The van der Waals surface area contributed by atoms with Crippen LogP contribution in [-0.2, 0) is 4.79 Å². The molecule has 1 aliphatic heterocycles. The van der Waals surface area contributed by atoms with Gasteiger partial charge in [0.2, 0.25) is 5.91 Å². The predicted molar refractivity (Wildman–Crippen MR) is 102 cm³/mol. The van der Waals surface area contributed by atoms with Crippen LogP contribution in [0.3, 0.4) is 0 Å². The fourth-order valence-electron chi connectivity index (χ4n) is 2.93. The molecular formula is C18H18ClFN4O3. The molecular weight excluding hydrogens is 375 g/mol. The van der Waals surface area contributed by atoms with E-state index >= 15 is 0 Å². The van der Waals surface area contributed by atoms with E-state index in [0.29, 0.717) is 31.9 Å². The summed E-state index contributed by atoms with van der Waals surface area (Å²) in [5, 5.41) is 13.6. The lowest BCUT2D eigenvalue weighted by Crippen LogP contribution is -2.48. The lowest BCUT2D eigenvalue weighted by Gasteiger charge is -2.35. The van der Waals surface area contributed by atoms with Crippen molar-refractivity contribution in [3.63, 3.8) is 0 Å². The van der Waals surface area contributed by atoms with Crippen molar-refractivity contribution < 1.29 is 14.1 Å². The number of carbonyl (C=O) groups excluding carboxylic acids is 1. The molecule has 0 bridgehead atoms. The maximum atomic E-state index is 13.1. The molecule has 0 aliphatic carbocycles. The van der Waals surface area contributed by atoms with Crippen molar-refractivity contribution >= 4 is 34.6 Å². The number of nitrogens with zero attached hydrogens (tertiary/aromatic N) is 3. The van der Waals surface area contributed by atoms with Crippen LogP contribution < -0.4 is 10.2 Å². The van der Waals surface area contributed by atoms with Gasteiger partial charge in [0.15, 0.2) is 0 Å². The fraction of sp³-hybridized carbons (Fsp3) is 0.278. The lowest BCUT2D eigenvalue weighted by atomic mass is 10.2. The van der Waals surface area contributed by atoms with E-state index in [1.54, 1.807) is 12.1 Å². The first-order valence-corrected chi connectivity index (χ1v) is 8.77. The van der Waals surface area contributed by atoms with Gasteiger partial charge in [0.05, 0.1) is 22.2 Å². The average Bonchev–Trinajstić information content (AvgIpc) is 2.65. The van der Waals surface area contributed by atoms with E-state index in [9.17, 15) is 19.3 Å². The maximum absolute atomic E-state index is 13.1. The molecule has 0 spiro atoms. The summed E-state index contributed by atoms with van der Waals surface area (Å²) in [6.07, 6.45) is 0. The third kappa shape index (κ3) is 4.93. The van der Waals surface area contributed by atoms with Crippen LogP contribution in [-0.4, -0.2) is 48.5 Å². The Morgan fingerprint density at radius 3 is 2.41 bits per heavy atom. The molecule has 1 amide bonds. The molecule has 2 aromatic carbocycles. The highest BCUT2D eigenvalue weighted by atomic mass is 35.5. The predicted octanol–water partition coefficient (Wildman–Crippen LogP) is 3.15. The third-order valence-corrected chi connectivity index (χ3v) is 4.68. The normalized spacial score (nSPS) is 14.8. The van der Waals surface area contributed by atoms with Crippen LogP contribution in [0.2, 0.25) is 5.02 Å². The maximum Gasteiger partial charge on any atom is 0.269 e. The van der Waals surface area contributed by atoms with Gasteiger partial charge in [-0.2, -0.15) is 0 Å².